The fourth-order valence-corrected chi connectivity index (χ4v) is 2.84. The van der Waals surface area contributed by atoms with Crippen molar-refractivity contribution in [2.45, 2.75) is 20.0 Å². The second kappa shape index (κ2) is 8.12. The van der Waals surface area contributed by atoms with Crippen molar-refractivity contribution in [3.05, 3.63) is 35.7 Å². The molecule has 0 aromatic carbocycles. The fourth-order valence-electron chi connectivity index (χ4n) is 2.84. The molecule has 3 heterocycles. The zero-order valence-electron chi connectivity index (χ0n) is 14.3. The zero-order valence-corrected chi connectivity index (χ0v) is 14.3. The van der Waals surface area contributed by atoms with Gasteiger partial charge < -0.3 is 20.1 Å². The standard InChI is InChI=1S/C17H25N5O2/c1-13-8-16-20-10-14(12-22(16)21-13)9-18-11-15-4-3-5-19-17(15)24-7-6-23-2/h3-5,8,14,18,20H,6-7,9-12H2,1-2H3. The quantitative estimate of drug-likeness (QED) is 0.713. The van der Waals surface area contributed by atoms with Crippen LogP contribution < -0.4 is 15.4 Å². The van der Waals surface area contributed by atoms with Crippen molar-refractivity contribution in [1.82, 2.24) is 20.1 Å². The molecule has 0 aliphatic carbocycles. The summed E-state index contributed by atoms with van der Waals surface area (Å²) in [6, 6.07) is 6.06. The molecule has 1 unspecified atom stereocenters. The molecule has 0 fully saturated rings. The number of aromatic nitrogens is 3. The maximum atomic E-state index is 5.67. The molecule has 24 heavy (non-hydrogen) atoms. The predicted molar refractivity (Wildman–Crippen MR) is 92.3 cm³/mol. The van der Waals surface area contributed by atoms with Crippen molar-refractivity contribution in [3.63, 3.8) is 0 Å². The summed E-state index contributed by atoms with van der Waals surface area (Å²) in [5, 5.41) is 11.5. The number of hydrogen-bond donors (Lipinski definition) is 2. The molecule has 2 aromatic heterocycles. The molecule has 0 bridgehead atoms. The number of rotatable bonds is 8. The molecule has 3 rings (SSSR count). The van der Waals surface area contributed by atoms with E-state index in [4.69, 9.17) is 9.47 Å². The van der Waals surface area contributed by atoms with Crippen LogP contribution in [-0.4, -0.2) is 48.2 Å². The van der Waals surface area contributed by atoms with Crippen molar-refractivity contribution < 1.29 is 9.47 Å². The van der Waals surface area contributed by atoms with E-state index in [1.807, 2.05) is 19.1 Å². The normalized spacial score (nSPS) is 16.5. The van der Waals surface area contributed by atoms with Crippen LogP contribution in [0.4, 0.5) is 5.82 Å². The van der Waals surface area contributed by atoms with E-state index in [0.717, 1.165) is 43.3 Å². The molecule has 0 saturated heterocycles. The highest BCUT2D eigenvalue weighted by molar-refractivity contribution is 5.38. The van der Waals surface area contributed by atoms with Crippen molar-refractivity contribution >= 4 is 5.82 Å². The van der Waals surface area contributed by atoms with Gasteiger partial charge in [-0.25, -0.2) is 9.67 Å². The van der Waals surface area contributed by atoms with Crippen LogP contribution in [0.1, 0.15) is 11.3 Å². The molecule has 1 aliphatic rings. The van der Waals surface area contributed by atoms with E-state index < -0.39 is 0 Å². The minimum Gasteiger partial charge on any atom is -0.475 e. The van der Waals surface area contributed by atoms with Crippen LogP contribution in [0.2, 0.25) is 0 Å². The topological polar surface area (TPSA) is 73.2 Å². The summed E-state index contributed by atoms with van der Waals surface area (Å²) in [5.41, 5.74) is 2.12. The Morgan fingerprint density at radius 1 is 1.42 bits per heavy atom. The van der Waals surface area contributed by atoms with Crippen molar-refractivity contribution in [2.24, 2.45) is 5.92 Å². The van der Waals surface area contributed by atoms with E-state index in [1.165, 1.54) is 0 Å². The Morgan fingerprint density at radius 3 is 3.21 bits per heavy atom. The number of ether oxygens (including phenoxy) is 2. The highest BCUT2D eigenvalue weighted by Gasteiger charge is 2.19. The van der Waals surface area contributed by atoms with Crippen LogP contribution in [0.5, 0.6) is 5.88 Å². The van der Waals surface area contributed by atoms with Gasteiger partial charge in [-0.05, 0) is 13.0 Å². The summed E-state index contributed by atoms with van der Waals surface area (Å²) < 4.78 is 12.7. The van der Waals surface area contributed by atoms with Crippen LogP contribution in [0.25, 0.3) is 0 Å². The smallest absolute Gasteiger partial charge is 0.217 e. The largest absolute Gasteiger partial charge is 0.475 e. The lowest BCUT2D eigenvalue weighted by atomic mass is 10.1. The predicted octanol–water partition coefficient (Wildman–Crippen LogP) is 1.44. The lowest BCUT2D eigenvalue weighted by molar-refractivity contribution is 0.143. The Morgan fingerprint density at radius 2 is 2.33 bits per heavy atom. The van der Waals surface area contributed by atoms with Gasteiger partial charge in [0.2, 0.25) is 5.88 Å². The van der Waals surface area contributed by atoms with Gasteiger partial charge in [0.1, 0.15) is 12.4 Å². The SMILES string of the molecule is COCCOc1ncccc1CNCC1CNc2cc(C)nn2C1. The highest BCUT2D eigenvalue weighted by Crippen LogP contribution is 2.18. The molecule has 0 spiro atoms. The summed E-state index contributed by atoms with van der Waals surface area (Å²) in [7, 11) is 1.66. The molecule has 7 nitrogen and oxygen atoms in total. The van der Waals surface area contributed by atoms with E-state index >= 15 is 0 Å². The minimum absolute atomic E-state index is 0.506. The Balaban J connectivity index is 1.48. The lowest BCUT2D eigenvalue weighted by Crippen LogP contribution is -2.35. The number of aryl methyl sites for hydroxylation is 1. The maximum Gasteiger partial charge on any atom is 0.217 e. The van der Waals surface area contributed by atoms with Crippen LogP contribution in [0.15, 0.2) is 24.4 Å². The molecular weight excluding hydrogens is 306 g/mol. The third-order valence-corrected chi connectivity index (χ3v) is 4.03. The van der Waals surface area contributed by atoms with Crippen LogP contribution >= 0.6 is 0 Å². The van der Waals surface area contributed by atoms with Gasteiger partial charge in [-0.3, -0.25) is 0 Å². The van der Waals surface area contributed by atoms with E-state index in [9.17, 15) is 0 Å². The van der Waals surface area contributed by atoms with Gasteiger partial charge in [-0.15, -0.1) is 0 Å². The van der Waals surface area contributed by atoms with Crippen molar-refractivity contribution in [2.75, 3.05) is 38.7 Å². The Labute approximate surface area is 142 Å². The lowest BCUT2D eigenvalue weighted by Gasteiger charge is -2.25. The van der Waals surface area contributed by atoms with Gasteiger partial charge >= 0.3 is 0 Å². The van der Waals surface area contributed by atoms with Gasteiger partial charge in [-0.2, -0.15) is 5.10 Å². The summed E-state index contributed by atoms with van der Waals surface area (Å²) in [4.78, 5) is 4.30. The first-order chi connectivity index (χ1) is 11.8. The zero-order chi connectivity index (χ0) is 16.8. The number of fused-ring (bicyclic) bond motifs is 1. The molecule has 2 aromatic rings. The number of methoxy groups -OCH3 is 1. The average Bonchev–Trinajstić information content (AvgIpc) is 2.96. The van der Waals surface area contributed by atoms with E-state index in [2.05, 4.69) is 31.5 Å². The molecule has 0 saturated carbocycles. The first kappa shape index (κ1) is 16.7. The van der Waals surface area contributed by atoms with Crippen LogP contribution in [0, 0.1) is 12.8 Å². The number of anilines is 1. The molecular formula is C17H25N5O2. The monoisotopic (exact) mass is 331 g/mol. The Hall–Kier alpha value is -2.12. The van der Waals surface area contributed by atoms with Gasteiger partial charge in [0, 0.05) is 57.0 Å². The molecule has 2 N–H and O–H groups in total. The Bertz CT molecular complexity index is 658. The van der Waals surface area contributed by atoms with Gasteiger partial charge in [0.05, 0.1) is 12.3 Å². The third kappa shape index (κ3) is 4.24. The number of nitrogens with one attached hydrogen (secondary N) is 2. The second-order valence-corrected chi connectivity index (χ2v) is 6.04. The molecule has 7 heteroatoms. The van der Waals surface area contributed by atoms with E-state index in [1.54, 1.807) is 13.3 Å². The first-order valence-electron chi connectivity index (χ1n) is 8.31. The third-order valence-electron chi connectivity index (χ3n) is 4.03. The number of nitrogens with zero attached hydrogens (tertiary/aromatic N) is 3. The molecule has 0 radical (unpaired) electrons. The Kier molecular flexibility index (Phi) is 5.66. The van der Waals surface area contributed by atoms with E-state index in [0.29, 0.717) is 25.0 Å². The molecule has 0 amide bonds. The van der Waals surface area contributed by atoms with Crippen molar-refractivity contribution in [1.29, 1.82) is 0 Å². The average molecular weight is 331 g/mol. The maximum absolute atomic E-state index is 5.67. The number of hydrogen-bond acceptors (Lipinski definition) is 6. The molecule has 130 valence electrons. The van der Waals surface area contributed by atoms with Gasteiger partial charge in [0.15, 0.2) is 0 Å². The summed E-state index contributed by atoms with van der Waals surface area (Å²) in [5.74, 6) is 2.30. The highest BCUT2D eigenvalue weighted by atomic mass is 16.5. The van der Waals surface area contributed by atoms with Crippen LogP contribution in [-0.2, 0) is 17.8 Å². The fraction of sp³-hybridized carbons (Fsp3) is 0.529. The van der Waals surface area contributed by atoms with Crippen molar-refractivity contribution in [3.8, 4) is 5.88 Å². The minimum atomic E-state index is 0.506. The summed E-state index contributed by atoms with van der Waals surface area (Å²) in [6.07, 6.45) is 1.75. The first-order valence-corrected chi connectivity index (χ1v) is 8.31. The summed E-state index contributed by atoms with van der Waals surface area (Å²) >= 11 is 0. The van der Waals surface area contributed by atoms with Gasteiger partial charge in [0.25, 0.3) is 0 Å². The summed E-state index contributed by atoms with van der Waals surface area (Å²) in [6.45, 7) is 6.64. The molecule has 1 aliphatic heterocycles. The second-order valence-electron chi connectivity index (χ2n) is 6.04. The van der Waals surface area contributed by atoms with Gasteiger partial charge in [-0.1, -0.05) is 6.07 Å². The number of pyridine rings is 1. The molecule has 1 atom stereocenters. The van der Waals surface area contributed by atoms with Crippen LogP contribution in [0.3, 0.4) is 0 Å². The van der Waals surface area contributed by atoms with E-state index in [-0.39, 0.29) is 0 Å².